The van der Waals surface area contributed by atoms with Gasteiger partial charge in [0.25, 0.3) is 0 Å². The Labute approximate surface area is 119 Å². The molecule has 0 radical (unpaired) electrons. The van der Waals surface area contributed by atoms with E-state index in [0.717, 1.165) is 5.92 Å². The number of nitrogens with two attached hydrogens (primary N) is 1. The number of fused-ring (bicyclic) bond motifs is 1. The lowest BCUT2D eigenvalue weighted by Crippen LogP contribution is -2.19. The van der Waals surface area contributed by atoms with Gasteiger partial charge in [-0.25, -0.2) is 0 Å². The first-order chi connectivity index (χ1) is 9.26. The first kappa shape index (κ1) is 18.0. The molecule has 1 aromatic carbocycles. The minimum absolute atomic E-state index is 0.420. The second-order valence-corrected chi connectivity index (χ2v) is 4.60. The summed E-state index contributed by atoms with van der Waals surface area (Å²) in [4.78, 5) is 0. The number of benzene rings is 1. The van der Waals surface area contributed by atoms with Gasteiger partial charge in [-0.3, -0.25) is 0 Å². The molecular formula is C17H31NO. The molecule has 0 fully saturated rings. The molecule has 0 aliphatic heterocycles. The highest BCUT2D eigenvalue weighted by atomic mass is 16.3. The van der Waals surface area contributed by atoms with Gasteiger partial charge in [-0.1, -0.05) is 40.2 Å². The van der Waals surface area contributed by atoms with Gasteiger partial charge in [0.05, 0.1) is 0 Å². The summed E-state index contributed by atoms with van der Waals surface area (Å²) in [5.74, 6) is 1.89. The lowest BCUT2D eigenvalue weighted by Gasteiger charge is -2.32. The SMILES string of the molecule is CC.CCC1CCc2ccc(O)cc2C1CC.CN. The van der Waals surface area contributed by atoms with Crippen molar-refractivity contribution < 1.29 is 5.11 Å². The molecule has 1 aromatic rings. The maximum Gasteiger partial charge on any atom is 0.115 e. The summed E-state index contributed by atoms with van der Waals surface area (Å²) in [7, 11) is 1.50. The van der Waals surface area contributed by atoms with Gasteiger partial charge in [0.1, 0.15) is 5.75 Å². The average molecular weight is 265 g/mol. The Morgan fingerprint density at radius 3 is 2.32 bits per heavy atom. The molecule has 0 amide bonds. The van der Waals surface area contributed by atoms with Crippen LogP contribution in [0.2, 0.25) is 0 Å². The van der Waals surface area contributed by atoms with Crippen molar-refractivity contribution in [2.24, 2.45) is 11.7 Å². The first-order valence-corrected chi connectivity index (χ1v) is 7.65. The van der Waals surface area contributed by atoms with Gasteiger partial charge >= 0.3 is 0 Å². The van der Waals surface area contributed by atoms with E-state index in [1.54, 1.807) is 0 Å². The second kappa shape index (κ2) is 9.85. The Bertz CT molecular complexity index is 349. The average Bonchev–Trinajstić information content (AvgIpc) is 2.49. The fourth-order valence-electron chi connectivity index (χ4n) is 2.99. The molecule has 2 heteroatoms. The molecule has 2 unspecified atom stereocenters. The molecule has 0 aromatic heterocycles. The van der Waals surface area contributed by atoms with E-state index >= 15 is 0 Å². The molecule has 2 nitrogen and oxygen atoms in total. The van der Waals surface area contributed by atoms with Crippen LogP contribution in [0.3, 0.4) is 0 Å². The van der Waals surface area contributed by atoms with E-state index < -0.39 is 0 Å². The third-order valence-electron chi connectivity index (χ3n) is 3.85. The molecule has 0 heterocycles. The first-order valence-electron chi connectivity index (χ1n) is 7.65. The highest BCUT2D eigenvalue weighted by Gasteiger charge is 2.26. The van der Waals surface area contributed by atoms with Crippen LogP contribution in [0, 0.1) is 5.92 Å². The van der Waals surface area contributed by atoms with Crippen molar-refractivity contribution in [3.8, 4) is 5.75 Å². The van der Waals surface area contributed by atoms with Gasteiger partial charge < -0.3 is 10.8 Å². The van der Waals surface area contributed by atoms with Gasteiger partial charge in [-0.05, 0) is 61.4 Å². The molecule has 0 saturated carbocycles. The Morgan fingerprint density at radius 1 is 1.16 bits per heavy atom. The normalized spacial score (nSPS) is 20.3. The van der Waals surface area contributed by atoms with Crippen LogP contribution in [0.15, 0.2) is 18.2 Å². The van der Waals surface area contributed by atoms with Gasteiger partial charge in [-0.15, -0.1) is 0 Å². The van der Waals surface area contributed by atoms with E-state index in [0.29, 0.717) is 11.7 Å². The van der Waals surface area contributed by atoms with Gasteiger partial charge in [0, 0.05) is 0 Å². The van der Waals surface area contributed by atoms with E-state index in [9.17, 15) is 5.11 Å². The number of aromatic hydroxyl groups is 1. The van der Waals surface area contributed by atoms with Crippen molar-refractivity contribution in [2.75, 3.05) is 7.05 Å². The van der Waals surface area contributed by atoms with Crippen molar-refractivity contribution in [1.82, 2.24) is 0 Å². The van der Waals surface area contributed by atoms with E-state index in [1.807, 2.05) is 26.0 Å². The number of hydrogen-bond acceptors (Lipinski definition) is 2. The van der Waals surface area contributed by atoms with Gasteiger partial charge in [-0.2, -0.15) is 0 Å². The monoisotopic (exact) mass is 265 g/mol. The molecule has 0 saturated heterocycles. The predicted octanol–water partition coefficient (Wildman–Crippen LogP) is 4.46. The van der Waals surface area contributed by atoms with Crippen LogP contribution in [-0.2, 0) is 6.42 Å². The van der Waals surface area contributed by atoms with Crippen LogP contribution in [0.25, 0.3) is 0 Å². The van der Waals surface area contributed by atoms with E-state index in [-0.39, 0.29) is 0 Å². The summed E-state index contributed by atoms with van der Waals surface area (Å²) in [6, 6.07) is 5.89. The van der Waals surface area contributed by atoms with Crippen molar-refractivity contribution in [3.05, 3.63) is 29.3 Å². The van der Waals surface area contributed by atoms with E-state index in [4.69, 9.17) is 0 Å². The minimum atomic E-state index is 0.420. The van der Waals surface area contributed by atoms with E-state index in [2.05, 4.69) is 25.6 Å². The minimum Gasteiger partial charge on any atom is -0.508 e. The molecule has 19 heavy (non-hydrogen) atoms. The fraction of sp³-hybridized carbons (Fsp3) is 0.647. The van der Waals surface area contributed by atoms with Gasteiger partial charge in [0.2, 0.25) is 0 Å². The Balaban J connectivity index is 0.000000741. The summed E-state index contributed by atoms with van der Waals surface area (Å²) >= 11 is 0. The number of phenolic OH excluding ortho intramolecular Hbond substituents is 1. The van der Waals surface area contributed by atoms with Crippen LogP contribution >= 0.6 is 0 Å². The largest absolute Gasteiger partial charge is 0.508 e. The molecule has 3 N–H and O–H groups in total. The zero-order chi connectivity index (χ0) is 14.8. The highest BCUT2D eigenvalue weighted by Crippen LogP contribution is 2.41. The van der Waals surface area contributed by atoms with Crippen molar-refractivity contribution >= 4 is 0 Å². The quantitative estimate of drug-likeness (QED) is 0.829. The number of hydrogen-bond donors (Lipinski definition) is 2. The maximum absolute atomic E-state index is 9.56. The highest BCUT2D eigenvalue weighted by molar-refractivity contribution is 5.39. The molecule has 2 rings (SSSR count). The number of aryl methyl sites for hydroxylation is 1. The van der Waals surface area contributed by atoms with Crippen LogP contribution < -0.4 is 5.73 Å². The summed E-state index contributed by atoms with van der Waals surface area (Å²) in [5, 5.41) is 9.56. The van der Waals surface area contributed by atoms with Crippen molar-refractivity contribution in [1.29, 1.82) is 0 Å². The molecular weight excluding hydrogens is 234 g/mol. The summed E-state index contributed by atoms with van der Waals surface area (Å²) < 4.78 is 0. The fourth-order valence-corrected chi connectivity index (χ4v) is 2.99. The topological polar surface area (TPSA) is 46.2 Å². The van der Waals surface area contributed by atoms with Gasteiger partial charge in [0.15, 0.2) is 0 Å². The van der Waals surface area contributed by atoms with Crippen molar-refractivity contribution in [2.45, 2.75) is 59.3 Å². The second-order valence-electron chi connectivity index (χ2n) is 4.60. The molecule has 110 valence electrons. The van der Waals surface area contributed by atoms with Crippen LogP contribution in [0.1, 0.15) is 64.0 Å². The molecule has 2 atom stereocenters. The van der Waals surface area contributed by atoms with Crippen LogP contribution in [0.4, 0.5) is 0 Å². The van der Waals surface area contributed by atoms with E-state index in [1.165, 1.54) is 43.9 Å². The molecule has 0 spiro atoms. The van der Waals surface area contributed by atoms with Crippen molar-refractivity contribution in [3.63, 3.8) is 0 Å². The number of phenols is 1. The zero-order valence-electron chi connectivity index (χ0n) is 13.2. The molecule has 0 bridgehead atoms. The van der Waals surface area contributed by atoms with Crippen LogP contribution in [0.5, 0.6) is 5.75 Å². The number of rotatable bonds is 2. The Kier molecular flexibility index (Phi) is 9.32. The summed E-state index contributed by atoms with van der Waals surface area (Å²) in [6.45, 7) is 8.54. The predicted molar refractivity (Wildman–Crippen MR) is 84.7 cm³/mol. The third kappa shape index (κ3) is 4.54. The molecule has 1 aliphatic rings. The smallest absolute Gasteiger partial charge is 0.115 e. The molecule has 1 aliphatic carbocycles. The summed E-state index contributed by atoms with van der Waals surface area (Å²) in [6.07, 6.45) is 4.94. The van der Waals surface area contributed by atoms with Crippen LogP contribution in [-0.4, -0.2) is 12.2 Å². The maximum atomic E-state index is 9.56. The standard InChI is InChI=1S/C14H20O.C2H6.CH5N/c1-3-10-5-6-11-7-8-12(15)9-14(11)13(10)4-2;2*1-2/h7-10,13,15H,3-6H2,1-2H3;1-2H3;2H2,1H3. The zero-order valence-corrected chi connectivity index (χ0v) is 13.2. The third-order valence-corrected chi connectivity index (χ3v) is 3.85. The summed E-state index contributed by atoms with van der Waals surface area (Å²) in [5.41, 5.74) is 7.35. The Morgan fingerprint density at radius 2 is 1.79 bits per heavy atom. The Hall–Kier alpha value is -1.02. The lowest BCUT2D eigenvalue weighted by molar-refractivity contribution is 0.351. The lowest BCUT2D eigenvalue weighted by atomic mass is 9.73.